The molecular weight excluding hydrogens is 312 g/mol. The van der Waals surface area contributed by atoms with Crippen molar-refractivity contribution >= 4 is 0 Å². The topological polar surface area (TPSA) is 49.7 Å². The molecule has 0 aliphatic heterocycles. The summed E-state index contributed by atoms with van der Waals surface area (Å²) in [6.07, 6.45) is 0.437. The monoisotopic (exact) mass is 342 g/mol. The molecule has 3 heteroatoms. The van der Waals surface area contributed by atoms with E-state index in [1.165, 1.54) is 11.1 Å². The lowest BCUT2D eigenvalue weighted by atomic mass is 9.96. The van der Waals surface area contributed by atoms with Crippen LogP contribution in [-0.2, 0) is 0 Å². The highest BCUT2D eigenvalue weighted by Crippen LogP contribution is 2.34. The molecule has 0 fully saturated rings. The van der Waals surface area contributed by atoms with E-state index in [9.17, 15) is 5.11 Å². The first-order chi connectivity index (χ1) is 11.9. The van der Waals surface area contributed by atoms with E-state index >= 15 is 0 Å². The average Bonchev–Trinajstić information content (AvgIpc) is 2.60. The van der Waals surface area contributed by atoms with Crippen LogP contribution >= 0.6 is 0 Å². The highest BCUT2D eigenvalue weighted by atomic mass is 16.5. The molecular formula is C22H30O3. The molecule has 0 aromatic heterocycles. The van der Waals surface area contributed by atoms with Gasteiger partial charge in [-0.2, -0.15) is 0 Å². The fourth-order valence-electron chi connectivity index (χ4n) is 2.77. The Labute approximate surface area is 151 Å². The lowest BCUT2D eigenvalue weighted by Gasteiger charge is -2.18. The van der Waals surface area contributed by atoms with Crippen LogP contribution in [0.15, 0.2) is 42.5 Å². The summed E-state index contributed by atoms with van der Waals surface area (Å²) < 4.78 is 6.06. The van der Waals surface area contributed by atoms with Crippen molar-refractivity contribution in [3.63, 3.8) is 0 Å². The van der Waals surface area contributed by atoms with Crippen molar-refractivity contribution in [2.45, 2.75) is 58.5 Å². The summed E-state index contributed by atoms with van der Waals surface area (Å²) in [7, 11) is 0. The van der Waals surface area contributed by atoms with Crippen molar-refractivity contribution in [2.75, 3.05) is 6.61 Å². The van der Waals surface area contributed by atoms with E-state index in [2.05, 4.69) is 39.8 Å². The van der Waals surface area contributed by atoms with Gasteiger partial charge in [-0.1, -0.05) is 45.9 Å². The van der Waals surface area contributed by atoms with Gasteiger partial charge in [-0.15, -0.1) is 0 Å². The third kappa shape index (κ3) is 5.32. The summed E-state index contributed by atoms with van der Waals surface area (Å²) in [5.41, 5.74) is 3.22. The predicted octanol–water partition coefficient (Wildman–Crippen LogP) is 5.53. The second-order valence-corrected chi connectivity index (χ2v) is 7.16. The lowest BCUT2D eigenvalue weighted by molar-refractivity contribution is 0.149. The van der Waals surface area contributed by atoms with Gasteiger partial charge in [-0.05, 0) is 60.1 Å². The maximum atomic E-state index is 10.5. The zero-order chi connectivity index (χ0) is 18.4. The van der Waals surface area contributed by atoms with Gasteiger partial charge in [0.05, 0.1) is 6.10 Å². The van der Waals surface area contributed by atoms with Gasteiger partial charge in [0.1, 0.15) is 11.5 Å². The van der Waals surface area contributed by atoms with Crippen LogP contribution in [0, 0.1) is 0 Å². The number of benzene rings is 2. The fourth-order valence-corrected chi connectivity index (χ4v) is 2.77. The molecule has 0 amide bonds. The Morgan fingerprint density at radius 3 is 2.04 bits per heavy atom. The van der Waals surface area contributed by atoms with Gasteiger partial charge >= 0.3 is 0 Å². The summed E-state index contributed by atoms with van der Waals surface area (Å²) in [5.74, 6) is 2.29. The van der Waals surface area contributed by atoms with E-state index in [1.807, 2.05) is 30.3 Å². The summed E-state index contributed by atoms with van der Waals surface area (Å²) in [6.45, 7) is 8.66. The number of ether oxygens (including phenoxy) is 1. The summed E-state index contributed by atoms with van der Waals surface area (Å²) >= 11 is 0. The number of aliphatic hydroxyl groups excluding tert-OH is 2. The van der Waals surface area contributed by atoms with E-state index in [0.29, 0.717) is 30.4 Å². The number of hydrogen-bond acceptors (Lipinski definition) is 3. The van der Waals surface area contributed by atoms with Crippen molar-refractivity contribution in [2.24, 2.45) is 0 Å². The predicted molar refractivity (Wildman–Crippen MR) is 102 cm³/mol. The van der Waals surface area contributed by atoms with Crippen molar-refractivity contribution in [3.05, 3.63) is 59.2 Å². The number of hydrogen-bond donors (Lipinski definition) is 2. The van der Waals surface area contributed by atoms with Gasteiger partial charge in [0.25, 0.3) is 0 Å². The van der Waals surface area contributed by atoms with Crippen LogP contribution in [0.4, 0.5) is 0 Å². The van der Waals surface area contributed by atoms with Crippen LogP contribution < -0.4 is 4.74 Å². The van der Waals surface area contributed by atoms with Gasteiger partial charge in [0.2, 0.25) is 0 Å². The van der Waals surface area contributed by atoms with Crippen LogP contribution in [0.1, 0.15) is 75.2 Å². The minimum absolute atomic E-state index is 0.0772. The molecule has 1 unspecified atom stereocenters. The van der Waals surface area contributed by atoms with Crippen molar-refractivity contribution in [3.8, 4) is 11.5 Å². The van der Waals surface area contributed by atoms with Gasteiger partial charge < -0.3 is 14.9 Å². The SMILES string of the molecule is CC(C)c1ccc(Oc2ccc(C(C)C)cc2C(O)CCCO)cc1. The van der Waals surface area contributed by atoms with Gasteiger partial charge in [-0.25, -0.2) is 0 Å². The van der Waals surface area contributed by atoms with E-state index in [0.717, 1.165) is 11.3 Å². The minimum atomic E-state index is -0.643. The largest absolute Gasteiger partial charge is 0.457 e. The summed E-state index contributed by atoms with van der Waals surface area (Å²) in [4.78, 5) is 0. The molecule has 0 aliphatic rings. The second kappa shape index (κ2) is 9.02. The Bertz CT molecular complexity index is 659. The van der Waals surface area contributed by atoms with Gasteiger partial charge in [0.15, 0.2) is 0 Å². The highest BCUT2D eigenvalue weighted by Gasteiger charge is 2.16. The maximum Gasteiger partial charge on any atom is 0.133 e. The molecule has 2 aromatic rings. The summed E-state index contributed by atoms with van der Waals surface area (Å²) in [6, 6.07) is 14.1. The smallest absolute Gasteiger partial charge is 0.133 e. The van der Waals surface area contributed by atoms with Crippen LogP contribution in [-0.4, -0.2) is 16.8 Å². The molecule has 0 heterocycles. The Kier molecular flexibility index (Phi) is 7.03. The normalized spacial score (nSPS) is 12.6. The molecule has 1 atom stereocenters. The molecule has 0 spiro atoms. The molecule has 0 bridgehead atoms. The van der Waals surface area contributed by atoms with Crippen LogP contribution in [0.25, 0.3) is 0 Å². The molecule has 3 nitrogen and oxygen atoms in total. The zero-order valence-electron chi connectivity index (χ0n) is 15.7. The first kappa shape index (κ1) is 19.5. The third-order valence-corrected chi connectivity index (χ3v) is 4.47. The number of rotatable bonds is 8. The molecule has 0 saturated heterocycles. The molecule has 2 aromatic carbocycles. The Morgan fingerprint density at radius 2 is 1.48 bits per heavy atom. The quantitative estimate of drug-likeness (QED) is 0.663. The van der Waals surface area contributed by atoms with Crippen LogP contribution in [0.5, 0.6) is 11.5 Å². The number of aliphatic hydroxyl groups is 2. The standard InChI is InChI=1S/C22H30O3/c1-15(2)17-7-10-19(11-8-17)25-22-12-9-18(16(3)4)14-20(22)21(24)6-5-13-23/h7-12,14-16,21,23-24H,5-6,13H2,1-4H3. The Hall–Kier alpha value is -1.84. The van der Waals surface area contributed by atoms with Crippen molar-refractivity contribution in [1.29, 1.82) is 0 Å². The van der Waals surface area contributed by atoms with E-state index in [4.69, 9.17) is 9.84 Å². The molecule has 2 N–H and O–H groups in total. The molecule has 136 valence electrons. The van der Waals surface area contributed by atoms with Crippen LogP contribution in [0.2, 0.25) is 0 Å². The third-order valence-electron chi connectivity index (χ3n) is 4.47. The lowest BCUT2D eigenvalue weighted by Crippen LogP contribution is -2.03. The zero-order valence-corrected chi connectivity index (χ0v) is 15.7. The summed E-state index contributed by atoms with van der Waals surface area (Å²) in [5, 5.41) is 19.6. The van der Waals surface area contributed by atoms with Gasteiger partial charge in [-0.3, -0.25) is 0 Å². The van der Waals surface area contributed by atoms with Gasteiger partial charge in [0, 0.05) is 12.2 Å². The molecule has 2 rings (SSSR count). The van der Waals surface area contributed by atoms with Crippen LogP contribution in [0.3, 0.4) is 0 Å². The maximum absolute atomic E-state index is 10.5. The van der Waals surface area contributed by atoms with E-state index in [1.54, 1.807) is 0 Å². The molecule has 25 heavy (non-hydrogen) atoms. The first-order valence-corrected chi connectivity index (χ1v) is 9.13. The first-order valence-electron chi connectivity index (χ1n) is 9.13. The average molecular weight is 342 g/mol. The minimum Gasteiger partial charge on any atom is -0.457 e. The molecule has 0 aliphatic carbocycles. The Balaban J connectivity index is 2.28. The molecule has 0 radical (unpaired) electrons. The second-order valence-electron chi connectivity index (χ2n) is 7.16. The van der Waals surface area contributed by atoms with E-state index in [-0.39, 0.29) is 6.61 Å². The molecule has 0 saturated carbocycles. The van der Waals surface area contributed by atoms with Crippen molar-refractivity contribution < 1.29 is 14.9 Å². The Morgan fingerprint density at radius 1 is 0.880 bits per heavy atom. The van der Waals surface area contributed by atoms with Crippen molar-refractivity contribution in [1.82, 2.24) is 0 Å². The highest BCUT2D eigenvalue weighted by molar-refractivity contribution is 5.43. The fraction of sp³-hybridized carbons (Fsp3) is 0.455. The van der Waals surface area contributed by atoms with E-state index < -0.39 is 6.10 Å².